The van der Waals surface area contributed by atoms with Gasteiger partial charge in [0.25, 0.3) is 0 Å². The number of sulfonamides is 1. The molecule has 6 heteroatoms. The molecule has 2 aromatic carbocycles. The molecule has 5 nitrogen and oxygen atoms in total. The number of nitrogens with zero attached hydrogens (tertiary/aromatic N) is 1. The molecule has 0 bridgehead atoms. The van der Waals surface area contributed by atoms with Crippen molar-refractivity contribution in [2.24, 2.45) is 5.92 Å². The van der Waals surface area contributed by atoms with Gasteiger partial charge in [0.2, 0.25) is 10.0 Å². The van der Waals surface area contributed by atoms with Crippen molar-refractivity contribution < 1.29 is 13.2 Å². The van der Waals surface area contributed by atoms with Crippen LogP contribution in [-0.4, -0.2) is 28.6 Å². The van der Waals surface area contributed by atoms with Crippen molar-refractivity contribution in [3.63, 3.8) is 0 Å². The zero-order valence-electron chi connectivity index (χ0n) is 17.2. The van der Waals surface area contributed by atoms with Crippen molar-refractivity contribution in [2.75, 3.05) is 25.1 Å². The van der Waals surface area contributed by atoms with Crippen LogP contribution in [0.25, 0.3) is 0 Å². The molecule has 1 aliphatic heterocycles. The second-order valence-electron chi connectivity index (χ2n) is 7.70. The molecule has 0 unspecified atom stereocenters. The SMILES string of the molecule is COc1ccc(S(=O)(=O)NCc2ccc(N3CCC[C@H](C)C3)cc2)c(C)c1C. The summed E-state index contributed by atoms with van der Waals surface area (Å²) < 4.78 is 33.5. The summed E-state index contributed by atoms with van der Waals surface area (Å²) in [6, 6.07) is 11.5. The second kappa shape index (κ2) is 8.53. The van der Waals surface area contributed by atoms with Gasteiger partial charge in [-0.05, 0) is 73.6 Å². The molecule has 0 aliphatic carbocycles. The Kier molecular flexibility index (Phi) is 6.30. The predicted molar refractivity (Wildman–Crippen MR) is 114 cm³/mol. The quantitative estimate of drug-likeness (QED) is 0.793. The number of rotatable bonds is 6. The van der Waals surface area contributed by atoms with E-state index in [1.54, 1.807) is 26.2 Å². The Morgan fingerprint density at radius 2 is 1.82 bits per heavy atom. The summed E-state index contributed by atoms with van der Waals surface area (Å²) in [5.74, 6) is 1.41. The molecule has 3 rings (SSSR count). The maximum Gasteiger partial charge on any atom is 0.241 e. The fraction of sp³-hybridized carbons (Fsp3) is 0.455. The first-order chi connectivity index (χ1) is 13.3. The Bertz CT molecular complexity index is 924. The third-order valence-electron chi connectivity index (χ3n) is 5.62. The van der Waals surface area contributed by atoms with Gasteiger partial charge in [0.1, 0.15) is 5.75 Å². The maximum atomic E-state index is 12.8. The number of ether oxygens (including phenoxy) is 1. The fourth-order valence-corrected chi connectivity index (χ4v) is 5.10. The summed E-state index contributed by atoms with van der Waals surface area (Å²) in [7, 11) is -2.00. The molecule has 1 aliphatic rings. The average molecular weight is 403 g/mol. The zero-order valence-corrected chi connectivity index (χ0v) is 18.0. The minimum atomic E-state index is -3.59. The Morgan fingerprint density at radius 1 is 1.11 bits per heavy atom. The third-order valence-corrected chi connectivity index (χ3v) is 7.17. The van der Waals surface area contributed by atoms with Gasteiger partial charge in [-0.25, -0.2) is 13.1 Å². The summed E-state index contributed by atoms with van der Waals surface area (Å²) in [4.78, 5) is 2.70. The monoisotopic (exact) mass is 402 g/mol. The van der Waals surface area contributed by atoms with E-state index in [0.29, 0.717) is 16.2 Å². The first-order valence-corrected chi connectivity index (χ1v) is 11.3. The smallest absolute Gasteiger partial charge is 0.241 e. The van der Waals surface area contributed by atoms with Gasteiger partial charge >= 0.3 is 0 Å². The molecule has 1 fully saturated rings. The third kappa shape index (κ3) is 4.50. The number of hydrogen-bond acceptors (Lipinski definition) is 4. The van der Waals surface area contributed by atoms with Gasteiger partial charge in [0.15, 0.2) is 0 Å². The molecular weight excluding hydrogens is 372 g/mol. The van der Waals surface area contributed by atoms with Gasteiger partial charge < -0.3 is 9.64 Å². The zero-order chi connectivity index (χ0) is 20.3. The summed E-state index contributed by atoms with van der Waals surface area (Å²) in [6.45, 7) is 8.41. The molecule has 1 N–H and O–H groups in total. The molecular formula is C22H30N2O3S. The number of anilines is 1. The van der Waals surface area contributed by atoms with Crippen LogP contribution in [0, 0.1) is 19.8 Å². The van der Waals surface area contributed by atoms with Crippen LogP contribution < -0.4 is 14.4 Å². The number of nitrogens with one attached hydrogen (secondary N) is 1. The molecule has 0 spiro atoms. The summed E-state index contributed by atoms with van der Waals surface area (Å²) in [5, 5.41) is 0. The van der Waals surface area contributed by atoms with E-state index in [9.17, 15) is 8.42 Å². The van der Waals surface area contributed by atoms with Gasteiger partial charge in [-0.3, -0.25) is 0 Å². The number of hydrogen-bond donors (Lipinski definition) is 1. The van der Waals surface area contributed by atoms with Crippen molar-refractivity contribution in [2.45, 2.75) is 45.1 Å². The maximum absolute atomic E-state index is 12.8. The number of piperidine rings is 1. The molecule has 0 saturated carbocycles. The Balaban J connectivity index is 1.69. The van der Waals surface area contributed by atoms with Crippen LogP contribution in [0.3, 0.4) is 0 Å². The van der Waals surface area contributed by atoms with Crippen molar-refractivity contribution in [3.05, 3.63) is 53.1 Å². The molecule has 0 radical (unpaired) electrons. The number of methoxy groups -OCH3 is 1. The van der Waals surface area contributed by atoms with Crippen molar-refractivity contribution >= 4 is 15.7 Å². The van der Waals surface area contributed by atoms with Crippen LogP contribution in [0.5, 0.6) is 5.75 Å². The van der Waals surface area contributed by atoms with E-state index < -0.39 is 10.0 Å². The van der Waals surface area contributed by atoms with Crippen LogP contribution in [-0.2, 0) is 16.6 Å². The van der Waals surface area contributed by atoms with E-state index in [1.807, 2.05) is 19.1 Å². The van der Waals surface area contributed by atoms with E-state index in [1.165, 1.54) is 18.5 Å². The highest BCUT2D eigenvalue weighted by atomic mass is 32.2. The molecule has 0 amide bonds. The highest BCUT2D eigenvalue weighted by Gasteiger charge is 2.20. The normalized spacial score (nSPS) is 17.6. The highest BCUT2D eigenvalue weighted by molar-refractivity contribution is 7.89. The number of benzene rings is 2. The molecule has 0 aromatic heterocycles. The summed E-state index contributed by atoms with van der Waals surface area (Å²) in [6.07, 6.45) is 2.52. The summed E-state index contributed by atoms with van der Waals surface area (Å²) in [5.41, 5.74) is 3.70. The first kappa shape index (κ1) is 20.7. The van der Waals surface area contributed by atoms with Gasteiger partial charge in [-0.2, -0.15) is 0 Å². The molecule has 1 atom stereocenters. The Hall–Kier alpha value is -2.05. The van der Waals surface area contributed by atoms with E-state index in [0.717, 1.165) is 30.1 Å². The lowest BCUT2D eigenvalue weighted by Gasteiger charge is -2.32. The van der Waals surface area contributed by atoms with Gasteiger partial charge in [-0.15, -0.1) is 0 Å². The molecule has 28 heavy (non-hydrogen) atoms. The average Bonchev–Trinajstić information content (AvgIpc) is 2.69. The fourth-order valence-electron chi connectivity index (χ4n) is 3.79. The van der Waals surface area contributed by atoms with Gasteiger partial charge in [0.05, 0.1) is 12.0 Å². The van der Waals surface area contributed by atoms with E-state index >= 15 is 0 Å². The van der Waals surface area contributed by atoms with Crippen molar-refractivity contribution in [1.82, 2.24) is 4.72 Å². The second-order valence-corrected chi connectivity index (χ2v) is 9.44. The lowest BCUT2D eigenvalue weighted by molar-refractivity contribution is 0.410. The Morgan fingerprint density at radius 3 is 2.46 bits per heavy atom. The van der Waals surface area contributed by atoms with E-state index in [4.69, 9.17) is 4.74 Å². The summed E-state index contributed by atoms with van der Waals surface area (Å²) >= 11 is 0. The predicted octanol–water partition coefficient (Wildman–Crippen LogP) is 4.03. The Labute approximate surface area is 168 Å². The van der Waals surface area contributed by atoms with E-state index in [-0.39, 0.29) is 6.54 Å². The lowest BCUT2D eigenvalue weighted by Crippen LogP contribution is -2.34. The van der Waals surface area contributed by atoms with Gasteiger partial charge in [0, 0.05) is 25.3 Å². The van der Waals surface area contributed by atoms with Crippen molar-refractivity contribution in [3.8, 4) is 5.75 Å². The van der Waals surface area contributed by atoms with Crippen LogP contribution in [0.1, 0.15) is 36.5 Å². The minimum absolute atomic E-state index is 0.267. The van der Waals surface area contributed by atoms with E-state index in [2.05, 4.69) is 28.7 Å². The van der Waals surface area contributed by atoms with Gasteiger partial charge in [-0.1, -0.05) is 19.1 Å². The van der Waals surface area contributed by atoms with Crippen LogP contribution in [0.15, 0.2) is 41.3 Å². The largest absolute Gasteiger partial charge is 0.496 e. The molecule has 1 saturated heterocycles. The first-order valence-electron chi connectivity index (χ1n) is 9.79. The topological polar surface area (TPSA) is 58.6 Å². The van der Waals surface area contributed by atoms with Crippen LogP contribution in [0.4, 0.5) is 5.69 Å². The molecule has 2 aromatic rings. The molecule has 1 heterocycles. The van der Waals surface area contributed by atoms with Crippen LogP contribution >= 0.6 is 0 Å². The standard InChI is InChI=1S/C22H30N2O3S/c1-16-6-5-13-24(15-16)20-9-7-19(8-10-20)14-23-28(25,26)22-12-11-21(27-4)17(2)18(22)3/h7-12,16,23H,5-6,13-15H2,1-4H3/t16-/m0/s1. The van der Waals surface area contributed by atoms with Crippen molar-refractivity contribution in [1.29, 1.82) is 0 Å². The highest BCUT2D eigenvalue weighted by Crippen LogP contribution is 2.27. The van der Waals surface area contributed by atoms with Crippen LogP contribution in [0.2, 0.25) is 0 Å². The lowest BCUT2D eigenvalue weighted by atomic mass is 9.99. The molecule has 152 valence electrons. The minimum Gasteiger partial charge on any atom is -0.496 e.